The minimum absolute atomic E-state index is 0.120. The zero-order valence-corrected chi connectivity index (χ0v) is 8.71. The molecule has 0 radical (unpaired) electrons. The number of rotatable bonds is 5. The van der Waals surface area contributed by atoms with Crippen molar-refractivity contribution in [3.05, 3.63) is 30.3 Å². The third kappa shape index (κ3) is 3.85. The summed E-state index contributed by atoms with van der Waals surface area (Å²) in [5.74, 6) is 0. The average molecular weight is 196 g/mol. The molecule has 0 fully saturated rings. The monoisotopic (exact) mass is 196 g/mol. The second kappa shape index (κ2) is 6.08. The molecule has 2 nitrogen and oxygen atoms in total. The summed E-state index contributed by atoms with van der Waals surface area (Å²) in [5, 5.41) is 0. The van der Waals surface area contributed by atoms with Crippen molar-refractivity contribution in [1.29, 1.82) is 0 Å². The predicted octanol–water partition coefficient (Wildman–Crippen LogP) is 2.10. The van der Waals surface area contributed by atoms with E-state index in [2.05, 4.69) is 12.1 Å². The van der Waals surface area contributed by atoms with Crippen molar-refractivity contribution in [2.45, 2.75) is 4.90 Å². The van der Waals surface area contributed by atoms with Crippen molar-refractivity contribution in [2.24, 2.45) is 0 Å². The fourth-order valence-corrected chi connectivity index (χ4v) is 1.86. The van der Waals surface area contributed by atoms with Gasteiger partial charge in [0.05, 0.1) is 0 Å². The summed E-state index contributed by atoms with van der Waals surface area (Å²) < 4.78 is 10.2. The van der Waals surface area contributed by atoms with Gasteiger partial charge in [-0.15, -0.1) is 11.8 Å². The smallest absolute Gasteiger partial charge is 0.413 e. The molecule has 0 heterocycles. The average Bonchev–Trinajstić information content (AvgIpc) is 2.21. The van der Waals surface area contributed by atoms with Gasteiger partial charge in [0.15, 0.2) is 0 Å². The highest BCUT2D eigenvalue weighted by Crippen LogP contribution is 2.17. The first-order valence-electron chi connectivity index (χ1n) is 4.10. The normalized spacial score (nSPS) is 10.0. The Kier molecular flexibility index (Phi) is 4.97. The van der Waals surface area contributed by atoms with Gasteiger partial charge in [0.25, 0.3) is 0 Å². The summed E-state index contributed by atoms with van der Waals surface area (Å²) >= 11 is 1.73. The quantitative estimate of drug-likeness (QED) is 0.530. The second-order valence-electron chi connectivity index (χ2n) is 2.53. The minimum atomic E-state index is -0.120. The number of hydrogen-bond donors (Lipinski definition) is 0. The second-order valence-corrected chi connectivity index (χ2v) is 3.62. The molecule has 70 valence electrons. The van der Waals surface area contributed by atoms with E-state index in [0.717, 1.165) is 5.65 Å². The van der Waals surface area contributed by atoms with Crippen LogP contribution in [-0.4, -0.2) is 27.0 Å². The van der Waals surface area contributed by atoms with E-state index in [1.54, 1.807) is 26.0 Å². The van der Waals surface area contributed by atoms with Crippen LogP contribution in [0.25, 0.3) is 0 Å². The van der Waals surface area contributed by atoms with Gasteiger partial charge < -0.3 is 9.31 Å². The van der Waals surface area contributed by atoms with Crippen molar-refractivity contribution >= 4 is 18.9 Å². The lowest BCUT2D eigenvalue weighted by Gasteiger charge is -2.07. The van der Waals surface area contributed by atoms with E-state index in [-0.39, 0.29) is 7.12 Å². The Balaban J connectivity index is 2.34. The van der Waals surface area contributed by atoms with Gasteiger partial charge in [-0.25, -0.2) is 0 Å². The molecule has 1 aromatic rings. The first-order valence-corrected chi connectivity index (χ1v) is 5.09. The molecule has 0 amide bonds. The van der Waals surface area contributed by atoms with E-state index in [0.29, 0.717) is 0 Å². The van der Waals surface area contributed by atoms with Crippen LogP contribution in [0.5, 0.6) is 0 Å². The van der Waals surface area contributed by atoms with Crippen LogP contribution in [0.4, 0.5) is 0 Å². The SMILES string of the molecule is COB(CSc1ccccc1)OC. The van der Waals surface area contributed by atoms with Gasteiger partial charge in [0.2, 0.25) is 0 Å². The van der Waals surface area contributed by atoms with Gasteiger partial charge in [0.1, 0.15) is 0 Å². The third-order valence-electron chi connectivity index (χ3n) is 1.66. The first-order chi connectivity index (χ1) is 6.36. The molecular weight excluding hydrogens is 183 g/mol. The summed E-state index contributed by atoms with van der Waals surface area (Å²) in [6, 6.07) is 10.2. The van der Waals surface area contributed by atoms with E-state index in [1.165, 1.54) is 4.90 Å². The van der Waals surface area contributed by atoms with Crippen molar-refractivity contribution in [2.75, 3.05) is 19.9 Å². The van der Waals surface area contributed by atoms with Gasteiger partial charge in [-0.3, -0.25) is 0 Å². The fraction of sp³-hybridized carbons (Fsp3) is 0.333. The predicted molar refractivity (Wildman–Crippen MR) is 56.9 cm³/mol. The lowest BCUT2D eigenvalue weighted by Crippen LogP contribution is -2.22. The fourth-order valence-electron chi connectivity index (χ4n) is 0.913. The van der Waals surface area contributed by atoms with Crippen LogP contribution in [-0.2, 0) is 9.31 Å². The van der Waals surface area contributed by atoms with Gasteiger partial charge in [-0.1, -0.05) is 18.2 Å². The summed E-state index contributed by atoms with van der Waals surface area (Å²) in [5.41, 5.74) is 0.816. The summed E-state index contributed by atoms with van der Waals surface area (Å²) in [4.78, 5) is 1.24. The van der Waals surface area contributed by atoms with Crippen LogP contribution in [0.1, 0.15) is 0 Å². The molecule has 0 N–H and O–H groups in total. The van der Waals surface area contributed by atoms with E-state index < -0.39 is 0 Å². The Morgan fingerprint density at radius 2 is 1.77 bits per heavy atom. The molecule has 0 saturated carbocycles. The molecule has 0 aliphatic rings. The van der Waals surface area contributed by atoms with Crippen LogP contribution in [0.15, 0.2) is 35.2 Å². The third-order valence-corrected chi connectivity index (χ3v) is 2.70. The first kappa shape index (κ1) is 10.6. The molecule has 0 spiro atoms. The maximum Gasteiger partial charge on any atom is 0.467 e. The number of thioether (sulfide) groups is 1. The molecule has 13 heavy (non-hydrogen) atoms. The van der Waals surface area contributed by atoms with Gasteiger partial charge >= 0.3 is 7.12 Å². The Morgan fingerprint density at radius 1 is 1.15 bits per heavy atom. The number of benzene rings is 1. The van der Waals surface area contributed by atoms with Crippen LogP contribution < -0.4 is 0 Å². The molecule has 0 aliphatic heterocycles. The van der Waals surface area contributed by atoms with Gasteiger partial charge in [-0.05, 0) is 12.1 Å². The molecule has 0 aromatic heterocycles. The Morgan fingerprint density at radius 3 is 2.31 bits per heavy atom. The van der Waals surface area contributed by atoms with Crippen LogP contribution >= 0.6 is 11.8 Å². The topological polar surface area (TPSA) is 18.5 Å². The van der Waals surface area contributed by atoms with Crippen molar-refractivity contribution in [3.8, 4) is 0 Å². The van der Waals surface area contributed by atoms with Crippen LogP contribution in [0.3, 0.4) is 0 Å². The molecule has 1 aromatic carbocycles. The van der Waals surface area contributed by atoms with Crippen molar-refractivity contribution in [3.63, 3.8) is 0 Å². The maximum absolute atomic E-state index is 5.08. The Labute approximate surface area is 83.8 Å². The molecule has 0 bridgehead atoms. The van der Waals surface area contributed by atoms with E-state index >= 15 is 0 Å². The highest BCUT2D eigenvalue weighted by atomic mass is 32.2. The highest BCUT2D eigenvalue weighted by Gasteiger charge is 2.13. The lowest BCUT2D eigenvalue weighted by molar-refractivity contribution is 0.284. The summed E-state index contributed by atoms with van der Waals surface area (Å²) in [6.45, 7) is 0. The van der Waals surface area contributed by atoms with Gasteiger partial charge in [0, 0.05) is 24.8 Å². The Bertz CT molecular complexity index is 226. The Hall–Kier alpha value is -0.445. The standard InChI is InChI=1S/C9H13BO2S/c1-11-10(12-2)8-13-9-6-4-3-5-7-9/h3-7H,8H2,1-2H3. The zero-order chi connectivity index (χ0) is 9.52. The minimum Gasteiger partial charge on any atom is -0.413 e. The molecule has 0 atom stereocenters. The lowest BCUT2D eigenvalue weighted by atomic mass is 9.95. The maximum atomic E-state index is 5.08. The van der Waals surface area contributed by atoms with Crippen LogP contribution in [0, 0.1) is 0 Å². The molecular formula is C9H13BO2S. The highest BCUT2D eigenvalue weighted by molar-refractivity contribution is 8.00. The molecule has 1 rings (SSSR count). The molecule has 0 saturated heterocycles. The summed E-state index contributed by atoms with van der Waals surface area (Å²) in [7, 11) is 3.18. The molecule has 0 aliphatic carbocycles. The van der Waals surface area contributed by atoms with Crippen LogP contribution in [0.2, 0.25) is 0 Å². The number of hydrogen-bond acceptors (Lipinski definition) is 3. The van der Waals surface area contributed by atoms with E-state index in [1.807, 2.05) is 18.2 Å². The van der Waals surface area contributed by atoms with Crippen molar-refractivity contribution in [1.82, 2.24) is 0 Å². The summed E-state index contributed by atoms with van der Waals surface area (Å²) in [6.07, 6.45) is 0. The zero-order valence-electron chi connectivity index (χ0n) is 7.90. The molecule has 0 unspecified atom stereocenters. The van der Waals surface area contributed by atoms with Gasteiger partial charge in [-0.2, -0.15) is 0 Å². The van der Waals surface area contributed by atoms with E-state index in [4.69, 9.17) is 9.31 Å². The molecule has 4 heteroatoms. The van der Waals surface area contributed by atoms with E-state index in [9.17, 15) is 0 Å². The van der Waals surface area contributed by atoms with Crippen molar-refractivity contribution < 1.29 is 9.31 Å². The largest absolute Gasteiger partial charge is 0.467 e.